The SMILES string of the molecule is c1ccc(-c2ccc(-c3cc(-c4ccc(-n5c6ccccc6c6ccccc65)cc4)nc(-c4ccc(-c5ccccc5)cc4)n3)cc2)cc1.c1ccc(-c2ccc(-c3cc(-c4ccc(-n5c6ccccc6c6ccccc65)cc4)nc(-c4ccc(-c5ccccc5)cc4)n3)cc2)cc1.c1ccc(-c2ccc(-c3cc(-c4ccc(-n5c6ccccc6c6ccccc65)cc4)nc(-c4ccccc4)n3)cc2)cc1. The van der Waals surface area contributed by atoms with E-state index >= 15 is 0 Å². The lowest BCUT2D eigenvalue weighted by atomic mass is 10.0. The minimum absolute atomic E-state index is 0.700. The summed E-state index contributed by atoms with van der Waals surface area (Å²) in [6.07, 6.45) is 0. The average Bonchev–Trinajstić information content (AvgIpc) is 1.61. The molecule has 0 bridgehead atoms. The number of fused-ring (bicyclic) bond motifs is 9. The molecule has 0 unspecified atom stereocenters. The summed E-state index contributed by atoms with van der Waals surface area (Å²) in [5, 5.41) is 7.53. The fourth-order valence-corrected chi connectivity index (χ4v) is 19.4. The Morgan fingerprint density at radius 3 is 0.418 bits per heavy atom. The minimum atomic E-state index is 0.700. The van der Waals surface area contributed by atoms with Gasteiger partial charge in [0.2, 0.25) is 0 Å². The quantitative estimate of drug-likeness (QED) is 0.0902. The van der Waals surface area contributed by atoms with Gasteiger partial charge < -0.3 is 13.7 Å². The van der Waals surface area contributed by atoms with Gasteiger partial charge in [0.1, 0.15) is 0 Å². The van der Waals surface area contributed by atoms with Crippen LogP contribution in [0.1, 0.15) is 0 Å². The van der Waals surface area contributed by atoms with E-state index in [4.69, 9.17) is 29.9 Å². The van der Waals surface area contributed by atoms with Gasteiger partial charge in [-0.15, -0.1) is 0 Å². The van der Waals surface area contributed by atoms with Crippen LogP contribution in [-0.2, 0) is 0 Å². The molecule has 0 atom stereocenters. The number of rotatable bonds is 17. The first-order chi connectivity index (χ1) is 69.9. The van der Waals surface area contributed by atoms with Gasteiger partial charge >= 0.3 is 0 Å². The second-order valence-corrected chi connectivity index (χ2v) is 35.2. The van der Waals surface area contributed by atoms with Crippen molar-refractivity contribution in [2.75, 3.05) is 0 Å². The second-order valence-electron chi connectivity index (χ2n) is 35.2. The number of hydrogen-bond acceptors (Lipinski definition) is 6. The molecular formula is C132H89N9. The van der Waals surface area contributed by atoms with Gasteiger partial charge in [0.05, 0.1) is 67.3 Å². The Hall–Kier alpha value is -19.0. The summed E-state index contributed by atoms with van der Waals surface area (Å²) in [6.45, 7) is 0. The first kappa shape index (κ1) is 85.0. The lowest BCUT2D eigenvalue weighted by Gasteiger charge is -2.12. The summed E-state index contributed by atoms with van der Waals surface area (Å²) >= 11 is 0. The zero-order valence-electron chi connectivity index (χ0n) is 76.9. The van der Waals surface area contributed by atoms with Crippen molar-refractivity contribution in [1.82, 2.24) is 43.6 Å². The maximum Gasteiger partial charge on any atom is 0.160 e. The van der Waals surface area contributed by atoms with Crippen molar-refractivity contribution < 1.29 is 0 Å². The van der Waals surface area contributed by atoms with Crippen LogP contribution in [0.15, 0.2) is 540 Å². The average molecular weight is 1800 g/mol. The molecule has 6 heterocycles. The zero-order valence-corrected chi connectivity index (χ0v) is 76.9. The largest absolute Gasteiger partial charge is 0.309 e. The molecule has 0 radical (unpaired) electrons. The van der Waals surface area contributed by atoms with Gasteiger partial charge in [-0.25, -0.2) is 29.9 Å². The standard InChI is InChI=1S/2C46H31N3.C40H27N3/c2*1-3-11-32(12-4-1)34-19-23-36(24-20-34)42-31-43(48-46(47-42)38-25-21-35(22-26-38)33-13-5-2-6-14-33)37-27-29-39(30-28-37)49-44-17-9-7-15-40(44)41-16-8-10-18-45(41)49;1-3-11-28(12-4-1)29-19-21-30(22-20-29)36-27-37(42-40(41-36)32-13-5-2-6-14-32)31-23-25-33(26-24-31)43-38-17-9-7-15-34(38)35-16-8-10-18-39(35)43/h2*1-31H;1-27H. The molecule has 0 aliphatic carbocycles. The Morgan fingerprint density at radius 2 is 0.234 bits per heavy atom. The smallest absolute Gasteiger partial charge is 0.160 e. The molecule has 0 saturated heterocycles. The van der Waals surface area contributed by atoms with Crippen LogP contribution in [-0.4, -0.2) is 43.6 Å². The number of para-hydroxylation sites is 6. The van der Waals surface area contributed by atoms with Crippen LogP contribution in [0.2, 0.25) is 0 Å². The summed E-state index contributed by atoms with van der Waals surface area (Å²) in [7, 11) is 0. The molecule has 9 heteroatoms. The predicted octanol–water partition coefficient (Wildman–Crippen LogP) is 34.1. The maximum atomic E-state index is 5.14. The van der Waals surface area contributed by atoms with Crippen molar-refractivity contribution in [3.63, 3.8) is 0 Å². The van der Waals surface area contributed by atoms with Gasteiger partial charge in [-0.05, 0) is 147 Å². The summed E-state index contributed by atoms with van der Waals surface area (Å²) < 4.78 is 7.02. The molecule has 0 fully saturated rings. The highest BCUT2D eigenvalue weighted by Gasteiger charge is 2.21. The third kappa shape index (κ3) is 17.3. The monoisotopic (exact) mass is 1800 g/mol. The molecule has 0 saturated carbocycles. The third-order valence-corrected chi connectivity index (χ3v) is 26.6. The third-order valence-electron chi connectivity index (χ3n) is 26.6. The molecule has 0 aliphatic heterocycles. The van der Waals surface area contributed by atoms with Gasteiger partial charge in [-0.2, -0.15) is 0 Å². The van der Waals surface area contributed by atoms with Crippen molar-refractivity contribution >= 4 is 65.4 Å². The van der Waals surface area contributed by atoms with Crippen LogP contribution in [0.4, 0.5) is 0 Å². The second kappa shape index (κ2) is 38.1. The molecule has 662 valence electrons. The van der Waals surface area contributed by atoms with Crippen molar-refractivity contribution in [2.24, 2.45) is 0 Å². The van der Waals surface area contributed by atoms with E-state index in [1.807, 2.05) is 48.5 Å². The van der Waals surface area contributed by atoms with Crippen LogP contribution in [0.25, 0.3) is 240 Å². The Bertz CT molecular complexity index is 8240. The Kier molecular flexibility index (Phi) is 22.9. The van der Waals surface area contributed by atoms with E-state index < -0.39 is 0 Å². The van der Waals surface area contributed by atoms with Crippen LogP contribution in [0, 0.1) is 0 Å². The lowest BCUT2D eigenvalue weighted by molar-refractivity contribution is 1.17. The normalized spacial score (nSPS) is 11.3. The summed E-state index contributed by atoms with van der Waals surface area (Å²) in [5.41, 5.74) is 36.9. The van der Waals surface area contributed by atoms with E-state index in [-0.39, 0.29) is 0 Å². The highest BCUT2D eigenvalue weighted by molar-refractivity contribution is 6.11. The zero-order chi connectivity index (χ0) is 93.7. The summed E-state index contributed by atoms with van der Waals surface area (Å²) in [6, 6.07) is 190. The number of hydrogen-bond donors (Lipinski definition) is 0. The van der Waals surface area contributed by atoms with E-state index in [0.29, 0.717) is 17.5 Å². The van der Waals surface area contributed by atoms with E-state index in [0.717, 1.165) is 112 Å². The first-order valence-electron chi connectivity index (χ1n) is 47.7. The van der Waals surface area contributed by atoms with Crippen molar-refractivity contribution in [1.29, 1.82) is 0 Å². The highest BCUT2D eigenvalue weighted by atomic mass is 15.0. The van der Waals surface area contributed by atoms with E-state index in [1.54, 1.807) is 0 Å². The number of nitrogens with zero attached hydrogens (tertiary/aromatic N) is 9. The first-order valence-corrected chi connectivity index (χ1v) is 47.7. The molecule has 26 rings (SSSR count). The Balaban J connectivity index is 0.000000115. The lowest BCUT2D eigenvalue weighted by Crippen LogP contribution is -1.97. The Labute approximate surface area is 817 Å². The van der Waals surface area contributed by atoms with Crippen molar-refractivity contribution in [2.45, 2.75) is 0 Å². The van der Waals surface area contributed by atoms with Crippen molar-refractivity contribution in [3.8, 4) is 174 Å². The number of aromatic nitrogens is 9. The molecule has 20 aromatic carbocycles. The van der Waals surface area contributed by atoms with Crippen molar-refractivity contribution in [3.05, 3.63) is 540 Å². The minimum Gasteiger partial charge on any atom is -0.309 e. The molecule has 141 heavy (non-hydrogen) atoms. The molecule has 0 spiro atoms. The molecule has 6 aromatic heterocycles. The Morgan fingerprint density at radius 1 is 0.106 bits per heavy atom. The van der Waals surface area contributed by atoms with E-state index in [9.17, 15) is 0 Å². The molecule has 0 amide bonds. The van der Waals surface area contributed by atoms with Gasteiger partial charge in [0.15, 0.2) is 17.5 Å². The topological polar surface area (TPSA) is 92.1 Å². The van der Waals surface area contributed by atoms with Gasteiger partial charge in [-0.3, -0.25) is 0 Å². The van der Waals surface area contributed by atoms with Crippen LogP contribution in [0.5, 0.6) is 0 Å². The maximum absolute atomic E-state index is 5.14. The molecular weight excluding hydrogens is 1710 g/mol. The predicted molar refractivity (Wildman–Crippen MR) is 585 cm³/mol. The molecule has 0 N–H and O–H groups in total. The molecule has 9 nitrogen and oxygen atoms in total. The molecule has 0 aliphatic rings. The summed E-state index contributed by atoms with van der Waals surface area (Å²) in [4.78, 5) is 30.6. The van der Waals surface area contributed by atoms with Gasteiger partial charge in [0.25, 0.3) is 0 Å². The van der Waals surface area contributed by atoms with Crippen LogP contribution >= 0.6 is 0 Å². The van der Waals surface area contributed by atoms with E-state index in [2.05, 4.69) is 505 Å². The molecule has 26 aromatic rings. The summed E-state index contributed by atoms with van der Waals surface area (Å²) in [5.74, 6) is 2.11. The van der Waals surface area contributed by atoms with Crippen LogP contribution in [0.3, 0.4) is 0 Å². The number of benzene rings is 20. The fourth-order valence-electron chi connectivity index (χ4n) is 19.4. The van der Waals surface area contributed by atoms with E-state index in [1.165, 1.54) is 110 Å². The van der Waals surface area contributed by atoms with Gasteiger partial charge in [-0.1, -0.05) is 449 Å². The fraction of sp³-hybridized carbons (Fsp3) is 0. The highest BCUT2D eigenvalue weighted by Crippen LogP contribution is 2.41. The van der Waals surface area contributed by atoms with Crippen LogP contribution < -0.4 is 0 Å². The van der Waals surface area contributed by atoms with Gasteiger partial charge in [0, 0.05) is 99.5 Å².